The smallest absolute Gasteiger partial charge is 0.119 e. The van der Waals surface area contributed by atoms with Gasteiger partial charge in [-0.3, -0.25) is 0 Å². The van der Waals surface area contributed by atoms with Gasteiger partial charge in [0.1, 0.15) is 5.75 Å². The molecule has 1 aromatic carbocycles. The number of allylic oxidation sites excluding steroid dienone is 2. The maximum Gasteiger partial charge on any atom is 0.119 e. The van der Waals surface area contributed by atoms with Gasteiger partial charge in [-0.15, -0.1) is 0 Å². The van der Waals surface area contributed by atoms with E-state index in [1.165, 1.54) is 11.1 Å². The molecule has 0 amide bonds. The maximum atomic E-state index is 5.56. The van der Waals surface area contributed by atoms with Crippen LogP contribution in [0.3, 0.4) is 0 Å². The summed E-state index contributed by atoms with van der Waals surface area (Å²) in [6.45, 7) is 9.43. The molecule has 18 heavy (non-hydrogen) atoms. The summed E-state index contributed by atoms with van der Waals surface area (Å²) in [6.07, 6.45) is 7.88. The Morgan fingerprint density at radius 1 is 1.17 bits per heavy atom. The Bertz CT molecular complexity index is 379. The fourth-order valence-electron chi connectivity index (χ4n) is 2.17. The van der Waals surface area contributed by atoms with Crippen molar-refractivity contribution < 1.29 is 4.74 Å². The molecule has 0 radical (unpaired) electrons. The molecule has 0 aliphatic heterocycles. The zero-order valence-electron chi connectivity index (χ0n) is 12.2. The highest BCUT2D eigenvalue weighted by Gasteiger charge is 2.06. The van der Waals surface area contributed by atoms with Crippen LogP contribution in [-0.2, 0) is 12.8 Å². The van der Waals surface area contributed by atoms with Crippen molar-refractivity contribution in [2.75, 3.05) is 6.61 Å². The third kappa shape index (κ3) is 4.56. The van der Waals surface area contributed by atoms with Crippen LogP contribution in [0.4, 0.5) is 0 Å². The minimum atomic E-state index is 0.605. The highest BCUT2D eigenvalue weighted by atomic mass is 16.5. The summed E-state index contributed by atoms with van der Waals surface area (Å²) in [7, 11) is 0. The van der Waals surface area contributed by atoms with Gasteiger partial charge in [0.25, 0.3) is 0 Å². The van der Waals surface area contributed by atoms with E-state index >= 15 is 0 Å². The highest BCUT2D eigenvalue weighted by Crippen LogP contribution is 2.21. The molecule has 0 saturated heterocycles. The van der Waals surface area contributed by atoms with E-state index in [9.17, 15) is 0 Å². The van der Waals surface area contributed by atoms with Crippen molar-refractivity contribution in [3.63, 3.8) is 0 Å². The van der Waals surface area contributed by atoms with Gasteiger partial charge in [-0.2, -0.15) is 0 Å². The topological polar surface area (TPSA) is 9.23 Å². The molecule has 0 bridgehead atoms. The summed E-state index contributed by atoms with van der Waals surface area (Å²) in [4.78, 5) is 0. The Morgan fingerprint density at radius 2 is 1.94 bits per heavy atom. The summed E-state index contributed by atoms with van der Waals surface area (Å²) < 4.78 is 5.56. The van der Waals surface area contributed by atoms with Crippen LogP contribution < -0.4 is 4.74 Å². The third-order valence-corrected chi connectivity index (χ3v) is 3.11. The highest BCUT2D eigenvalue weighted by molar-refractivity contribution is 5.36. The Labute approximate surface area is 112 Å². The number of hydrogen-bond acceptors (Lipinski definition) is 1. The molecule has 0 fully saturated rings. The van der Waals surface area contributed by atoms with Crippen molar-refractivity contribution in [2.24, 2.45) is 5.92 Å². The second kappa shape index (κ2) is 7.97. The monoisotopic (exact) mass is 246 g/mol. The van der Waals surface area contributed by atoms with E-state index in [0.29, 0.717) is 5.92 Å². The molecule has 0 heterocycles. The van der Waals surface area contributed by atoms with Gasteiger partial charge in [0.2, 0.25) is 0 Å². The van der Waals surface area contributed by atoms with Gasteiger partial charge in [-0.05, 0) is 55.4 Å². The van der Waals surface area contributed by atoms with Crippen LogP contribution in [0.15, 0.2) is 30.4 Å². The minimum absolute atomic E-state index is 0.605. The van der Waals surface area contributed by atoms with E-state index in [-0.39, 0.29) is 0 Å². The standard InChI is InChI=1S/C17H26O/c1-5-8-9-14(4)12-16-10-11-17(18-7-3)13-15(16)6-2/h8-11,13-14H,5-7,12H2,1-4H3/b9-8-. The van der Waals surface area contributed by atoms with E-state index in [4.69, 9.17) is 4.74 Å². The largest absolute Gasteiger partial charge is 0.494 e. The molecule has 1 aromatic rings. The molecule has 0 aromatic heterocycles. The van der Waals surface area contributed by atoms with Crippen molar-refractivity contribution in [3.05, 3.63) is 41.5 Å². The summed E-state index contributed by atoms with van der Waals surface area (Å²) >= 11 is 0. The fraction of sp³-hybridized carbons (Fsp3) is 0.529. The Kier molecular flexibility index (Phi) is 6.56. The Morgan fingerprint density at radius 3 is 2.56 bits per heavy atom. The summed E-state index contributed by atoms with van der Waals surface area (Å²) in [6, 6.07) is 6.50. The molecule has 1 rings (SSSR count). The van der Waals surface area contributed by atoms with Gasteiger partial charge in [0.15, 0.2) is 0 Å². The van der Waals surface area contributed by atoms with Crippen LogP contribution in [0.25, 0.3) is 0 Å². The molecule has 1 unspecified atom stereocenters. The average molecular weight is 246 g/mol. The average Bonchev–Trinajstić information content (AvgIpc) is 2.38. The van der Waals surface area contributed by atoms with E-state index < -0.39 is 0 Å². The summed E-state index contributed by atoms with van der Waals surface area (Å²) in [5.74, 6) is 1.60. The first-order chi connectivity index (χ1) is 8.71. The van der Waals surface area contributed by atoms with Crippen LogP contribution in [0, 0.1) is 5.92 Å². The molecular formula is C17H26O. The van der Waals surface area contributed by atoms with Gasteiger partial charge in [-0.1, -0.05) is 39.0 Å². The predicted molar refractivity (Wildman–Crippen MR) is 79.3 cm³/mol. The van der Waals surface area contributed by atoms with Crippen LogP contribution in [0.1, 0.15) is 45.2 Å². The molecule has 0 N–H and O–H groups in total. The number of aryl methyl sites for hydroxylation is 1. The second-order valence-corrected chi connectivity index (χ2v) is 4.73. The first kappa shape index (κ1) is 14.8. The molecule has 0 saturated carbocycles. The van der Waals surface area contributed by atoms with Crippen LogP contribution in [-0.4, -0.2) is 6.61 Å². The lowest BCUT2D eigenvalue weighted by Crippen LogP contribution is -2.01. The molecule has 1 nitrogen and oxygen atoms in total. The Hall–Kier alpha value is -1.24. The lowest BCUT2D eigenvalue weighted by molar-refractivity contribution is 0.340. The maximum absolute atomic E-state index is 5.56. The molecular weight excluding hydrogens is 220 g/mol. The summed E-state index contributed by atoms with van der Waals surface area (Å²) in [5.41, 5.74) is 2.87. The number of hydrogen-bond donors (Lipinski definition) is 0. The SMILES string of the molecule is CC/C=C\C(C)Cc1ccc(OCC)cc1CC. The quantitative estimate of drug-likeness (QED) is 0.628. The van der Waals surface area contributed by atoms with Gasteiger partial charge >= 0.3 is 0 Å². The zero-order chi connectivity index (χ0) is 13.4. The van der Waals surface area contributed by atoms with E-state index in [1.54, 1.807) is 0 Å². The van der Waals surface area contributed by atoms with Crippen molar-refractivity contribution in [1.82, 2.24) is 0 Å². The molecule has 0 aliphatic rings. The lowest BCUT2D eigenvalue weighted by Gasteiger charge is -2.13. The third-order valence-electron chi connectivity index (χ3n) is 3.11. The number of benzene rings is 1. The van der Waals surface area contributed by atoms with Crippen molar-refractivity contribution in [2.45, 2.75) is 47.0 Å². The molecule has 1 heteroatoms. The molecule has 100 valence electrons. The van der Waals surface area contributed by atoms with Crippen molar-refractivity contribution >= 4 is 0 Å². The molecule has 0 aliphatic carbocycles. The second-order valence-electron chi connectivity index (χ2n) is 4.73. The first-order valence-corrected chi connectivity index (χ1v) is 7.12. The fourth-order valence-corrected chi connectivity index (χ4v) is 2.17. The first-order valence-electron chi connectivity index (χ1n) is 7.12. The van der Waals surface area contributed by atoms with Crippen LogP contribution in [0.5, 0.6) is 5.75 Å². The summed E-state index contributed by atoms with van der Waals surface area (Å²) in [5, 5.41) is 0. The van der Waals surface area contributed by atoms with Crippen LogP contribution in [0.2, 0.25) is 0 Å². The van der Waals surface area contributed by atoms with Crippen LogP contribution >= 0.6 is 0 Å². The molecule has 0 spiro atoms. The van der Waals surface area contributed by atoms with Gasteiger partial charge in [0, 0.05) is 0 Å². The van der Waals surface area contributed by atoms with Crippen molar-refractivity contribution in [1.29, 1.82) is 0 Å². The lowest BCUT2D eigenvalue weighted by atomic mass is 9.95. The zero-order valence-corrected chi connectivity index (χ0v) is 12.2. The molecule has 1 atom stereocenters. The predicted octanol–water partition coefficient (Wildman–Crippen LogP) is 4.79. The van der Waals surface area contributed by atoms with E-state index in [0.717, 1.165) is 31.6 Å². The van der Waals surface area contributed by atoms with Crippen molar-refractivity contribution in [3.8, 4) is 5.75 Å². The van der Waals surface area contributed by atoms with E-state index in [1.807, 2.05) is 6.92 Å². The van der Waals surface area contributed by atoms with Gasteiger partial charge < -0.3 is 4.74 Å². The number of ether oxygens (including phenoxy) is 1. The normalized spacial score (nSPS) is 12.9. The van der Waals surface area contributed by atoms with Gasteiger partial charge in [0.05, 0.1) is 6.61 Å². The minimum Gasteiger partial charge on any atom is -0.494 e. The van der Waals surface area contributed by atoms with Gasteiger partial charge in [-0.25, -0.2) is 0 Å². The van der Waals surface area contributed by atoms with E-state index in [2.05, 4.69) is 51.1 Å². The number of rotatable bonds is 7. The Balaban J connectivity index is 2.78.